The van der Waals surface area contributed by atoms with E-state index in [0.717, 1.165) is 0 Å². The van der Waals surface area contributed by atoms with Crippen molar-refractivity contribution < 1.29 is 22.7 Å². The van der Waals surface area contributed by atoms with Gasteiger partial charge in [0.25, 0.3) is 5.91 Å². The Morgan fingerprint density at radius 2 is 1.79 bits per heavy atom. The number of halogens is 2. The zero-order valence-corrected chi connectivity index (χ0v) is 16.6. The van der Waals surface area contributed by atoms with Gasteiger partial charge in [0.1, 0.15) is 0 Å². The molecule has 0 unspecified atom stereocenters. The second-order valence-electron chi connectivity index (χ2n) is 5.28. The summed E-state index contributed by atoms with van der Waals surface area (Å²) in [4.78, 5) is 23.9. The molecule has 2 aromatic rings. The Labute approximate surface area is 172 Å². The predicted octanol–water partition coefficient (Wildman–Crippen LogP) is 2.70. The number of sulfonamides is 1. The van der Waals surface area contributed by atoms with Crippen LogP contribution in [0.4, 0.5) is 5.69 Å². The van der Waals surface area contributed by atoms with Crippen molar-refractivity contribution in [1.82, 2.24) is 4.72 Å². The number of benzene rings is 2. The largest absolute Gasteiger partial charge is 0.452 e. The maximum Gasteiger partial charge on any atom is 0.338 e. The van der Waals surface area contributed by atoms with Crippen molar-refractivity contribution in [2.24, 2.45) is 0 Å². The van der Waals surface area contributed by atoms with Crippen LogP contribution in [0.25, 0.3) is 0 Å². The van der Waals surface area contributed by atoms with Gasteiger partial charge in [-0.1, -0.05) is 35.2 Å². The van der Waals surface area contributed by atoms with E-state index < -0.39 is 28.5 Å². The van der Waals surface area contributed by atoms with Gasteiger partial charge in [0.15, 0.2) is 6.61 Å². The number of rotatable bonds is 7. The molecular formula is C18H14Cl2N2O5S. The van der Waals surface area contributed by atoms with Gasteiger partial charge in [0.05, 0.1) is 32.7 Å². The maximum atomic E-state index is 12.0. The van der Waals surface area contributed by atoms with Gasteiger partial charge in [-0.05, 0) is 36.4 Å². The molecule has 0 bridgehead atoms. The Morgan fingerprint density at radius 3 is 2.43 bits per heavy atom. The van der Waals surface area contributed by atoms with Gasteiger partial charge in [0.2, 0.25) is 10.0 Å². The molecule has 0 aliphatic rings. The van der Waals surface area contributed by atoms with Crippen LogP contribution in [0.2, 0.25) is 10.0 Å². The number of anilines is 1. The highest BCUT2D eigenvalue weighted by molar-refractivity contribution is 7.89. The van der Waals surface area contributed by atoms with E-state index in [-0.39, 0.29) is 32.7 Å². The molecule has 0 heterocycles. The summed E-state index contributed by atoms with van der Waals surface area (Å²) in [5.41, 5.74) is 0.355. The number of nitrogens with one attached hydrogen (secondary N) is 2. The minimum Gasteiger partial charge on any atom is -0.452 e. The van der Waals surface area contributed by atoms with Crippen molar-refractivity contribution in [2.75, 3.05) is 18.5 Å². The Morgan fingerprint density at radius 1 is 1.11 bits per heavy atom. The highest BCUT2D eigenvalue weighted by Crippen LogP contribution is 2.29. The summed E-state index contributed by atoms with van der Waals surface area (Å²) in [5.74, 6) is 0.743. The third kappa shape index (κ3) is 5.71. The average Bonchev–Trinajstić information content (AvgIpc) is 2.68. The highest BCUT2D eigenvalue weighted by Gasteiger charge is 2.16. The Kier molecular flexibility index (Phi) is 7.43. The standard InChI is InChI=1S/C18H14Cl2N2O5S/c1-2-10-21-28(25,26)13-8-6-12(7-9-13)18(24)27-11-16(23)22-15-5-3-4-14(19)17(15)20/h1,3-9,21H,10-11H2,(H,22,23). The fraction of sp³-hybridized carbons (Fsp3) is 0.111. The second-order valence-corrected chi connectivity index (χ2v) is 7.83. The van der Waals surface area contributed by atoms with E-state index in [0.29, 0.717) is 0 Å². The molecule has 146 valence electrons. The maximum absolute atomic E-state index is 12.0. The number of terminal acetylenes is 1. The minimum absolute atomic E-state index is 0.0624. The van der Waals surface area contributed by atoms with Crippen LogP contribution in [0.1, 0.15) is 10.4 Å². The van der Waals surface area contributed by atoms with Crippen molar-refractivity contribution in [3.05, 3.63) is 58.1 Å². The molecule has 28 heavy (non-hydrogen) atoms. The van der Waals surface area contributed by atoms with Gasteiger partial charge in [-0.15, -0.1) is 6.42 Å². The first-order valence-corrected chi connectivity index (χ1v) is 9.92. The topological polar surface area (TPSA) is 102 Å². The fourth-order valence-corrected chi connectivity index (χ4v) is 3.27. The van der Waals surface area contributed by atoms with E-state index in [2.05, 4.69) is 16.0 Å². The number of hydrogen-bond acceptors (Lipinski definition) is 5. The number of amides is 1. The zero-order valence-electron chi connectivity index (χ0n) is 14.2. The Hall–Kier alpha value is -2.57. The third-order valence-corrected chi connectivity index (χ3v) is 5.56. The van der Waals surface area contributed by atoms with Crippen LogP contribution in [-0.2, 0) is 19.6 Å². The lowest BCUT2D eigenvalue weighted by Gasteiger charge is -2.09. The van der Waals surface area contributed by atoms with Gasteiger partial charge in [-0.2, -0.15) is 4.72 Å². The molecule has 0 saturated heterocycles. The molecule has 0 aliphatic heterocycles. The van der Waals surface area contributed by atoms with Crippen molar-refractivity contribution in [1.29, 1.82) is 0 Å². The van der Waals surface area contributed by atoms with Crippen molar-refractivity contribution in [3.8, 4) is 12.3 Å². The average molecular weight is 441 g/mol. The van der Waals surface area contributed by atoms with Crippen LogP contribution >= 0.6 is 23.2 Å². The lowest BCUT2D eigenvalue weighted by molar-refractivity contribution is -0.119. The van der Waals surface area contributed by atoms with E-state index in [9.17, 15) is 18.0 Å². The molecule has 0 radical (unpaired) electrons. The van der Waals surface area contributed by atoms with Gasteiger partial charge in [-0.3, -0.25) is 4.79 Å². The van der Waals surface area contributed by atoms with Crippen LogP contribution in [0.15, 0.2) is 47.4 Å². The molecule has 2 rings (SSSR count). The molecule has 10 heteroatoms. The first-order valence-electron chi connectivity index (χ1n) is 7.69. The van der Waals surface area contributed by atoms with Crippen LogP contribution in [-0.4, -0.2) is 33.4 Å². The van der Waals surface area contributed by atoms with Gasteiger partial charge in [-0.25, -0.2) is 13.2 Å². The smallest absolute Gasteiger partial charge is 0.338 e. The molecule has 2 N–H and O–H groups in total. The summed E-state index contributed by atoms with van der Waals surface area (Å²) in [6.45, 7) is -0.719. The molecule has 0 spiro atoms. The summed E-state index contributed by atoms with van der Waals surface area (Å²) in [7, 11) is -3.76. The van der Waals surface area contributed by atoms with Crippen molar-refractivity contribution in [2.45, 2.75) is 4.90 Å². The number of carbonyl (C=O) groups excluding carboxylic acids is 2. The van der Waals surface area contributed by atoms with Crippen LogP contribution in [0.3, 0.4) is 0 Å². The molecule has 0 aliphatic carbocycles. The van der Waals surface area contributed by atoms with Crippen LogP contribution in [0.5, 0.6) is 0 Å². The van der Waals surface area contributed by atoms with Gasteiger partial charge in [0, 0.05) is 0 Å². The second kappa shape index (κ2) is 9.57. The van der Waals surface area contributed by atoms with E-state index >= 15 is 0 Å². The van der Waals surface area contributed by atoms with Crippen molar-refractivity contribution in [3.63, 3.8) is 0 Å². The molecule has 0 fully saturated rings. The van der Waals surface area contributed by atoms with Gasteiger partial charge < -0.3 is 10.1 Å². The predicted molar refractivity (Wildman–Crippen MR) is 106 cm³/mol. The molecule has 0 atom stereocenters. The summed E-state index contributed by atoms with van der Waals surface area (Å²) in [6.07, 6.45) is 5.01. The monoisotopic (exact) mass is 440 g/mol. The number of hydrogen-bond donors (Lipinski definition) is 2. The summed E-state index contributed by atoms with van der Waals surface area (Å²) in [6, 6.07) is 9.68. The first kappa shape index (κ1) is 21.7. The first-order chi connectivity index (χ1) is 13.2. The summed E-state index contributed by atoms with van der Waals surface area (Å²) >= 11 is 11.8. The molecule has 1 amide bonds. The quantitative estimate of drug-likeness (QED) is 0.508. The Balaban J connectivity index is 1.95. The molecule has 7 nitrogen and oxygen atoms in total. The molecule has 0 aromatic heterocycles. The number of esters is 1. The van der Waals surface area contributed by atoms with E-state index in [1.165, 1.54) is 24.3 Å². The normalized spacial score (nSPS) is 10.8. The number of carbonyl (C=O) groups is 2. The van der Waals surface area contributed by atoms with E-state index in [1.54, 1.807) is 18.2 Å². The van der Waals surface area contributed by atoms with Crippen LogP contribution < -0.4 is 10.0 Å². The lowest BCUT2D eigenvalue weighted by Crippen LogP contribution is -2.24. The van der Waals surface area contributed by atoms with E-state index in [1.807, 2.05) is 0 Å². The molecule has 0 saturated carbocycles. The molecular weight excluding hydrogens is 427 g/mol. The Bertz CT molecular complexity index is 1030. The third-order valence-electron chi connectivity index (χ3n) is 3.32. The van der Waals surface area contributed by atoms with Crippen LogP contribution in [0, 0.1) is 12.3 Å². The zero-order chi connectivity index (χ0) is 20.7. The lowest BCUT2D eigenvalue weighted by atomic mass is 10.2. The highest BCUT2D eigenvalue weighted by atomic mass is 35.5. The minimum atomic E-state index is -3.76. The summed E-state index contributed by atoms with van der Waals surface area (Å²) in [5, 5.41) is 2.90. The van der Waals surface area contributed by atoms with E-state index in [4.69, 9.17) is 34.4 Å². The SMILES string of the molecule is C#CCNS(=O)(=O)c1ccc(C(=O)OCC(=O)Nc2cccc(Cl)c2Cl)cc1. The summed E-state index contributed by atoms with van der Waals surface area (Å²) < 4.78 is 30.9. The van der Waals surface area contributed by atoms with Gasteiger partial charge >= 0.3 is 5.97 Å². The molecule has 2 aromatic carbocycles. The fourth-order valence-electron chi connectivity index (χ4n) is 1.99. The van der Waals surface area contributed by atoms with Crippen molar-refractivity contribution >= 4 is 50.8 Å². The number of ether oxygens (including phenoxy) is 1.